The maximum Gasteiger partial charge on any atom is 0.231 e. The average molecular weight is 399 g/mol. The van der Waals surface area contributed by atoms with E-state index in [2.05, 4.69) is 15.2 Å². The molecule has 0 spiro atoms. The van der Waals surface area contributed by atoms with Gasteiger partial charge in [-0.2, -0.15) is 4.98 Å². The van der Waals surface area contributed by atoms with Crippen molar-refractivity contribution in [3.05, 3.63) is 46.4 Å². The summed E-state index contributed by atoms with van der Waals surface area (Å²) in [5.74, 6) is 2.27. The minimum absolute atomic E-state index is 0.00841. The molecule has 4 rings (SSSR count). The van der Waals surface area contributed by atoms with Gasteiger partial charge in [-0.1, -0.05) is 17.7 Å². The topological polar surface area (TPSA) is 71.3 Å². The molecule has 1 aromatic carbocycles. The van der Waals surface area contributed by atoms with Gasteiger partial charge in [0.25, 0.3) is 0 Å². The first-order chi connectivity index (χ1) is 13.4. The fraction of sp³-hybridized carbons (Fsp3) is 0.381. The van der Waals surface area contributed by atoms with Gasteiger partial charge in [-0.05, 0) is 51.8 Å². The first-order valence-electron chi connectivity index (χ1n) is 9.48. The highest BCUT2D eigenvalue weighted by Gasteiger charge is 2.29. The van der Waals surface area contributed by atoms with Crippen molar-refractivity contribution in [2.24, 2.45) is 5.92 Å². The Bertz CT molecular complexity index is 1050. The summed E-state index contributed by atoms with van der Waals surface area (Å²) in [6, 6.07) is 7.22. The van der Waals surface area contributed by atoms with Crippen molar-refractivity contribution in [3.8, 4) is 0 Å². The van der Waals surface area contributed by atoms with Crippen LogP contribution >= 0.6 is 11.6 Å². The molecule has 3 aromatic rings. The van der Waals surface area contributed by atoms with Gasteiger partial charge < -0.3 is 14.6 Å². The summed E-state index contributed by atoms with van der Waals surface area (Å²) in [6.45, 7) is 7.30. The Kier molecular flexibility index (Phi) is 4.98. The number of aromatic nitrogens is 2. The number of furan rings is 1. The third-order valence-corrected chi connectivity index (χ3v) is 5.54. The largest absolute Gasteiger partial charge is 0.443 e. The summed E-state index contributed by atoms with van der Waals surface area (Å²) in [6.07, 6.45) is 1.77. The maximum absolute atomic E-state index is 12.8. The first kappa shape index (κ1) is 18.7. The second-order valence-electron chi connectivity index (χ2n) is 7.34. The van der Waals surface area contributed by atoms with E-state index in [1.54, 1.807) is 12.1 Å². The molecule has 146 valence electrons. The fourth-order valence-electron chi connectivity index (χ4n) is 3.76. The number of fused-ring (bicyclic) bond motifs is 1. The van der Waals surface area contributed by atoms with Crippen LogP contribution in [0.1, 0.15) is 30.0 Å². The lowest BCUT2D eigenvalue weighted by molar-refractivity contribution is -0.120. The van der Waals surface area contributed by atoms with Crippen molar-refractivity contribution < 1.29 is 9.21 Å². The number of benzene rings is 1. The lowest BCUT2D eigenvalue weighted by Crippen LogP contribution is -2.41. The van der Waals surface area contributed by atoms with Gasteiger partial charge in [0.15, 0.2) is 0 Å². The summed E-state index contributed by atoms with van der Waals surface area (Å²) in [7, 11) is 0. The first-order valence-corrected chi connectivity index (χ1v) is 9.86. The van der Waals surface area contributed by atoms with Crippen molar-refractivity contribution in [1.29, 1.82) is 0 Å². The van der Waals surface area contributed by atoms with Crippen LogP contribution in [0.2, 0.25) is 5.02 Å². The second-order valence-corrected chi connectivity index (χ2v) is 7.78. The molecule has 1 aliphatic rings. The van der Waals surface area contributed by atoms with Crippen LogP contribution in [0.5, 0.6) is 0 Å². The van der Waals surface area contributed by atoms with E-state index in [0.29, 0.717) is 23.1 Å². The molecular weight excluding hydrogens is 376 g/mol. The quantitative estimate of drug-likeness (QED) is 0.694. The normalized spacial score (nSPS) is 17.1. The molecule has 1 N–H and O–H groups in total. The Balaban J connectivity index is 1.59. The molecule has 1 saturated heterocycles. The number of amides is 1. The van der Waals surface area contributed by atoms with Crippen LogP contribution in [0.3, 0.4) is 0 Å². The molecule has 3 heterocycles. The highest BCUT2D eigenvalue weighted by atomic mass is 35.5. The summed E-state index contributed by atoms with van der Waals surface area (Å²) in [4.78, 5) is 24.1. The van der Waals surface area contributed by atoms with E-state index in [4.69, 9.17) is 21.0 Å². The SMILES string of the molecule is Cc1nc(N2CCC[C@@H](C(=O)Nc3cccc(Cl)c3)C2)c2c(C)c(C)oc2n1. The van der Waals surface area contributed by atoms with E-state index in [1.165, 1.54) is 0 Å². The monoisotopic (exact) mass is 398 g/mol. The molecule has 0 aliphatic carbocycles. The zero-order chi connectivity index (χ0) is 19.8. The third-order valence-electron chi connectivity index (χ3n) is 5.31. The van der Waals surface area contributed by atoms with Gasteiger partial charge in [0.1, 0.15) is 17.4 Å². The molecule has 0 radical (unpaired) electrons. The Labute approximate surface area is 168 Å². The van der Waals surface area contributed by atoms with E-state index in [0.717, 1.165) is 47.6 Å². The number of nitrogens with zero attached hydrogens (tertiary/aromatic N) is 3. The van der Waals surface area contributed by atoms with Gasteiger partial charge in [0.05, 0.1) is 11.3 Å². The maximum atomic E-state index is 12.8. The standard InChI is InChI=1S/C21H23ClN4O2/c1-12-13(2)28-21-18(12)19(23-14(3)24-21)26-9-5-6-15(11-26)20(27)25-17-8-4-7-16(22)10-17/h4,7-8,10,15H,5-6,9,11H2,1-3H3,(H,25,27)/t15-/m1/s1. The highest BCUT2D eigenvalue weighted by molar-refractivity contribution is 6.30. The number of piperidine rings is 1. The molecule has 1 aliphatic heterocycles. The van der Waals surface area contributed by atoms with Gasteiger partial charge in [0, 0.05) is 29.4 Å². The van der Waals surface area contributed by atoms with Gasteiger partial charge in [-0.15, -0.1) is 0 Å². The predicted molar refractivity (Wildman–Crippen MR) is 111 cm³/mol. The number of carbonyl (C=O) groups is 1. The zero-order valence-electron chi connectivity index (χ0n) is 16.3. The average Bonchev–Trinajstić information content (AvgIpc) is 2.95. The highest BCUT2D eigenvalue weighted by Crippen LogP contribution is 2.33. The summed E-state index contributed by atoms with van der Waals surface area (Å²) in [5.41, 5.74) is 2.38. The number of aryl methyl sites for hydroxylation is 3. The number of hydrogen-bond donors (Lipinski definition) is 1. The predicted octanol–water partition coefficient (Wildman–Crippen LogP) is 4.66. The number of hydrogen-bond acceptors (Lipinski definition) is 5. The zero-order valence-corrected chi connectivity index (χ0v) is 17.0. The summed E-state index contributed by atoms with van der Waals surface area (Å²) >= 11 is 6.02. The van der Waals surface area contributed by atoms with Crippen molar-refractivity contribution in [2.45, 2.75) is 33.6 Å². The van der Waals surface area contributed by atoms with Crippen LogP contribution in [0.4, 0.5) is 11.5 Å². The van der Waals surface area contributed by atoms with Gasteiger partial charge in [-0.3, -0.25) is 4.79 Å². The van der Waals surface area contributed by atoms with Crippen LogP contribution < -0.4 is 10.2 Å². The molecule has 7 heteroatoms. The Hall–Kier alpha value is -2.60. The summed E-state index contributed by atoms with van der Waals surface area (Å²) < 4.78 is 5.81. The van der Waals surface area contributed by atoms with Crippen LogP contribution in [-0.2, 0) is 4.79 Å². The fourth-order valence-corrected chi connectivity index (χ4v) is 3.95. The number of anilines is 2. The molecule has 2 aromatic heterocycles. The van der Waals surface area contributed by atoms with E-state index in [1.807, 2.05) is 32.9 Å². The third kappa shape index (κ3) is 3.56. The molecule has 1 fully saturated rings. The molecular formula is C21H23ClN4O2. The van der Waals surface area contributed by atoms with E-state index >= 15 is 0 Å². The Morgan fingerprint density at radius 2 is 2.11 bits per heavy atom. The smallest absolute Gasteiger partial charge is 0.231 e. The molecule has 6 nitrogen and oxygen atoms in total. The number of nitrogens with one attached hydrogen (secondary N) is 1. The minimum atomic E-state index is -0.119. The van der Waals surface area contributed by atoms with Crippen molar-refractivity contribution >= 4 is 40.1 Å². The number of rotatable bonds is 3. The van der Waals surface area contributed by atoms with E-state index in [-0.39, 0.29) is 11.8 Å². The van der Waals surface area contributed by atoms with Gasteiger partial charge >= 0.3 is 0 Å². The molecule has 0 bridgehead atoms. The van der Waals surface area contributed by atoms with Crippen molar-refractivity contribution in [3.63, 3.8) is 0 Å². The summed E-state index contributed by atoms with van der Waals surface area (Å²) in [5, 5.41) is 4.54. The van der Waals surface area contributed by atoms with Crippen LogP contribution in [0.25, 0.3) is 11.1 Å². The van der Waals surface area contributed by atoms with Crippen LogP contribution in [0.15, 0.2) is 28.7 Å². The van der Waals surface area contributed by atoms with Gasteiger partial charge in [0.2, 0.25) is 11.6 Å². The van der Waals surface area contributed by atoms with Gasteiger partial charge in [-0.25, -0.2) is 4.98 Å². The Morgan fingerprint density at radius 1 is 1.29 bits per heavy atom. The number of carbonyl (C=O) groups excluding carboxylic acids is 1. The Morgan fingerprint density at radius 3 is 2.89 bits per heavy atom. The number of halogens is 1. The lowest BCUT2D eigenvalue weighted by atomic mass is 9.96. The van der Waals surface area contributed by atoms with Crippen LogP contribution in [-0.4, -0.2) is 29.0 Å². The molecule has 28 heavy (non-hydrogen) atoms. The minimum Gasteiger partial charge on any atom is -0.443 e. The second kappa shape index (κ2) is 7.43. The molecule has 0 unspecified atom stereocenters. The van der Waals surface area contributed by atoms with Crippen molar-refractivity contribution in [1.82, 2.24) is 9.97 Å². The van der Waals surface area contributed by atoms with E-state index in [9.17, 15) is 4.79 Å². The molecule has 0 saturated carbocycles. The molecule has 1 amide bonds. The lowest BCUT2D eigenvalue weighted by Gasteiger charge is -2.33. The van der Waals surface area contributed by atoms with Crippen LogP contribution in [0, 0.1) is 26.7 Å². The van der Waals surface area contributed by atoms with Crippen molar-refractivity contribution in [2.75, 3.05) is 23.3 Å². The molecule has 1 atom stereocenters. The van der Waals surface area contributed by atoms with E-state index < -0.39 is 0 Å².